The van der Waals surface area contributed by atoms with Crippen LogP contribution in [0.25, 0.3) is 0 Å². The quantitative estimate of drug-likeness (QED) is 0.648. The number of fused-ring (bicyclic) bond motifs is 1. The van der Waals surface area contributed by atoms with Crippen molar-refractivity contribution in [3.63, 3.8) is 0 Å². The van der Waals surface area contributed by atoms with Gasteiger partial charge in [-0.25, -0.2) is 18.4 Å². The number of rotatable bonds is 1. The molecule has 7 heteroatoms. The van der Waals surface area contributed by atoms with Crippen LogP contribution in [0.4, 0.5) is 0 Å². The fourth-order valence-corrected chi connectivity index (χ4v) is 2.27. The van der Waals surface area contributed by atoms with Crippen molar-refractivity contribution in [1.29, 1.82) is 0 Å². The standard InChI is InChI=1S/C10H13N3O3S/c1-7(14)13-4-3-9-8(6-13)5-11-10(12-9)17(2,15)16/h5H,3-4,6H2,1-2H3. The lowest BCUT2D eigenvalue weighted by atomic mass is 10.1. The summed E-state index contributed by atoms with van der Waals surface area (Å²) in [5.74, 6) is 0.00263. The molecule has 0 saturated heterocycles. The summed E-state index contributed by atoms with van der Waals surface area (Å²) in [6.07, 6.45) is 3.15. The third-order valence-corrected chi connectivity index (χ3v) is 3.55. The third-order valence-electron chi connectivity index (χ3n) is 2.69. The zero-order valence-corrected chi connectivity index (χ0v) is 10.5. The van der Waals surface area contributed by atoms with Crippen LogP contribution in [0.1, 0.15) is 18.2 Å². The molecule has 0 saturated carbocycles. The second kappa shape index (κ2) is 4.06. The maximum atomic E-state index is 11.3. The van der Waals surface area contributed by atoms with Crippen molar-refractivity contribution in [3.05, 3.63) is 17.5 Å². The Kier molecular flexibility index (Phi) is 2.86. The van der Waals surface area contributed by atoms with Crippen LogP contribution in [-0.4, -0.2) is 42.0 Å². The highest BCUT2D eigenvalue weighted by Crippen LogP contribution is 2.17. The van der Waals surface area contributed by atoms with Gasteiger partial charge in [0.1, 0.15) is 0 Å². The van der Waals surface area contributed by atoms with E-state index in [4.69, 9.17) is 0 Å². The summed E-state index contributed by atoms with van der Waals surface area (Å²) in [6.45, 7) is 2.54. The van der Waals surface area contributed by atoms with Gasteiger partial charge in [-0.3, -0.25) is 4.79 Å². The molecule has 0 spiro atoms. The van der Waals surface area contributed by atoms with Crippen molar-refractivity contribution >= 4 is 15.7 Å². The molecule has 1 aliphatic rings. The number of sulfone groups is 1. The lowest BCUT2D eigenvalue weighted by Crippen LogP contribution is -2.35. The monoisotopic (exact) mass is 255 g/mol. The van der Waals surface area contributed by atoms with Crippen LogP contribution in [0.2, 0.25) is 0 Å². The van der Waals surface area contributed by atoms with E-state index < -0.39 is 9.84 Å². The molecule has 0 unspecified atom stereocenters. The number of aromatic nitrogens is 2. The Hall–Kier alpha value is -1.50. The van der Waals surface area contributed by atoms with Gasteiger partial charge in [0, 0.05) is 44.5 Å². The zero-order chi connectivity index (χ0) is 12.6. The summed E-state index contributed by atoms with van der Waals surface area (Å²) in [4.78, 5) is 20.8. The summed E-state index contributed by atoms with van der Waals surface area (Å²) in [7, 11) is -3.37. The maximum absolute atomic E-state index is 11.3. The van der Waals surface area contributed by atoms with Gasteiger partial charge in [-0.15, -0.1) is 0 Å². The van der Waals surface area contributed by atoms with Gasteiger partial charge in [-0.05, 0) is 0 Å². The van der Waals surface area contributed by atoms with Gasteiger partial charge < -0.3 is 4.90 Å². The highest BCUT2D eigenvalue weighted by molar-refractivity contribution is 7.90. The summed E-state index contributed by atoms with van der Waals surface area (Å²) >= 11 is 0. The molecule has 6 nitrogen and oxygen atoms in total. The van der Waals surface area contributed by atoms with Crippen LogP contribution in [0.5, 0.6) is 0 Å². The molecule has 2 heterocycles. The Morgan fingerprint density at radius 1 is 1.47 bits per heavy atom. The molecule has 1 amide bonds. The van der Waals surface area contributed by atoms with Crippen molar-refractivity contribution in [1.82, 2.24) is 14.9 Å². The number of carbonyl (C=O) groups excluding carboxylic acids is 1. The fraction of sp³-hybridized carbons (Fsp3) is 0.500. The summed E-state index contributed by atoms with van der Waals surface area (Å²) in [6, 6.07) is 0. The van der Waals surface area contributed by atoms with Crippen LogP contribution in [0, 0.1) is 0 Å². The van der Waals surface area contributed by atoms with E-state index in [1.54, 1.807) is 4.90 Å². The number of amides is 1. The summed E-state index contributed by atoms with van der Waals surface area (Å²) < 4.78 is 22.6. The molecule has 1 aromatic rings. The first-order chi connectivity index (χ1) is 7.88. The van der Waals surface area contributed by atoms with Crippen LogP contribution in [-0.2, 0) is 27.6 Å². The van der Waals surface area contributed by atoms with E-state index in [1.165, 1.54) is 13.1 Å². The lowest BCUT2D eigenvalue weighted by molar-refractivity contribution is -0.129. The van der Waals surface area contributed by atoms with Crippen molar-refractivity contribution < 1.29 is 13.2 Å². The van der Waals surface area contributed by atoms with Crippen molar-refractivity contribution in [2.24, 2.45) is 0 Å². The molecule has 17 heavy (non-hydrogen) atoms. The topological polar surface area (TPSA) is 80.2 Å². The van der Waals surface area contributed by atoms with E-state index in [1.807, 2.05) is 0 Å². The Labute approximate surface area is 99.6 Å². The highest BCUT2D eigenvalue weighted by Gasteiger charge is 2.21. The summed E-state index contributed by atoms with van der Waals surface area (Å²) in [5.41, 5.74) is 1.54. The predicted octanol–water partition coefficient (Wildman–Crippen LogP) is -0.215. The van der Waals surface area contributed by atoms with Gasteiger partial charge in [0.2, 0.25) is 20.9 Å². The van der Waals surface area contributed by atoms with Gasteiger partial charge in [0.25, 0.3) is 0 Å². The number of hydrogen-bond donors (Lipinski definition) is 0. The molecule has 1 aromatic heterocycles. The SMILES string of the molecule is CC(=O)N1CCc2nc(S(C)(=O)=O)ncc2C1. The molecule has 1 aliphatic heterocycles. The maximum Gasteiger partial charge on any atom is 0.246 e. The van der Waals surface area contributed by atoms with Crippen LogP contribution in [0.15, 0.2) is 11.4 Å². The highest BCUT2D eigenvalue weighted by atomic mass is 32.2. The van der Waals surface area contributed by atoms with Gasteiger partial charge in [-0.1, -0.05) is 0 Å². The smallest absolute Gasteiger partial charge is 0.246 e. The minimum absolute atomic E-state index is 0.00263. The predicted molar refractivity (Wildman–Crippen MR) is 59.9 cm³/mol. The molecule has 0 bridgehead atoms. The Balaban J connectivity index is 2.35. The molecular formula is C10H13N3O3S. The zero-order valence-electron chi connectivity index (χ0n) is 9.67. The number of hydrogen-bond acceptors (Lipinski definition) is 5. The molecule has 0 radical (unpaired) electrons. The first kappa shape index (κ1) is 12.0. The molecule has 0 atom stereocenters. The molecule has 0 aromatic carbocycles. The second-order valence-electron chi connectivity index (χ2n) is 4.09. The Bertz CT molecular complexity index is 568. The average molecular weight is 255 g/mol. The number of carbonyl (C=O) groups is 1. The first-order valence-corrected chi connectivity index (χ1v) is 7.07. The van der Waals surface area contributed by atoms with Crippen molar-refractivity contribution in [3.8, 4) is 0 Å². The van der Waals surface area contributed by atoms with E-state index in [2.05, 4.69) is 9.97 Å². The average Bonchev–Trinajstić information content (AvgIpc) is 2.26. The lowest BCUT2D eigenvalue weighted by Gasteiger charge is -2.26. The number of nitrogens with zero attached hydrogens (tertiary/aromatic N) is 3. The normalized spacial score (nSPS) is 15.5. The first-order valence-electron chi connectivity index (χ1n) is 5.18. The molecule has 0 N–H and O–H groups in total. The third kappa shape index (κ3) is 2.44. The summed E-state index contributed by atoms with van der Waals surface area (Å²) in [5, 5.41) is -0.146. The van der Waals surface area contributed by atoms with E-state index in [9.17, 15) is 13.2 Å². The Morgan fingerprint density at radius 2 is 2.18 bits per heavy atom. The van der Waals surface area contributed by atoms with Gasteiger partial charge >= 0.3 is 0 Å². The van der Waals surface area contributed by atoms with Crippen LogP contribution < -0.4 is 0 Å². The minimum atomic E-state index is -3.37. The second-order valence-corrected chi connectivity index (χ2v) is 6.00. The molecule has 0 fully saturated rings. The Morgan fingerprint density at radius 3 is 2.76 bits per heavy atom. The van der Waals surface area contributed by atoms with Crippen LogP contribution >= 0.6 is 0 Å². The molecular weight excluding hydrogens is 242 g/mol. The largest absolute Gasteiger partial charge is 0.338 e. The molecule has 0 aliphatic carbocycles. The van der Waals surface area contributed by atoms with E-state index >= 15 is 0 Å². The fourth-order valence-electron chi connectivity index (χ4n) is 1.75. The minimum Gasteiger partial charge on any atom is -0.338 e. The molecule has 92 valence electrons. The van der Waals surface area contributed by atoms with Gasteiger partial charge in [0.05, 0.1) is 5.69 Å². The van der Waals surface area contributed by atoms with E-state index in [0.717, 1.165) is 17.5 Å². The van der Waals surface area contributed by atoms with Crippen LogP contribution in [0.3, 0.4) is 0 Å². The molecule has 2 rings (SSSR count). The van der Waals surface area contributed by atoms with Gasteiger partial charge in [0.15, 0.2) is 0 Å². The van der Waals surface area contributed by atoms with Crippen molar-refractivity contribution in [2.75, 3.05) is 12.8 Å². The van der Waals surface area contributed by atoms with E-state index in [0.29, 0.717) is 19.5 Å². The van der Waals surface area contributed by atoms with E-state index in [-0.39, 0.29) is 11.1 Å². The van der Waals surface area contributed by atoms with Crippen molar-refractivity contribution in [2.45, 2.75) is 25.0 Å². The van der Waals surface area contributed by atoms with Gasteiger partial charge in [-0.2, -0.15) is 0 Å².